The predicted molar refractivity (Wildman–Crippen MR) is 120 cm³/mol. The predicted octanol–water partition coefficient (Wildman–Crippen LogP) is 3.41. The molecule has 166 valence electrons. The highest BCUT2D eigenvalue weighted by Crippen LogP contribution is 2.36. The fraction of sp³-hybridized carbons (Fsp3) is 0.273. The van der Waals surface area contributed by atoms with Crippen molar-refractivity contribution in [3.63, 3.8) is 0 Å². The highest BCUT2D eigenvalue weighted by Gasteiger charge is 2.17. The number of aromatic amines is 1. The van der Waals surface area contributed by atoms with Gasteiger partial charge in [-0.1, -0.05) is 6.07 Å². The summed E-state index contributed by atoms with van der Waals surface area (Å²) in [5.41, 5.74) is 8.16. The molecule has 0 fully saturated rings. The zero-order chi connectivity index (χ0) is 21.5. The lowest BCUT2D eigenvalue weighted by atomic mass is 10.1. The van der Waals surface area contributed by atoms with E-state index in [1.807, 2.05) is 18.3 Å². The van der Waals surface area contributed by atoms with Crippen LogP contribution in [0.1, 0.15) is 21.5 Å². The summed E-state index contributed by atoms with van der Waals surface area (Å²) < 4.78 is 16.9. The third-order valence-corrected chi connectivity index (χ3v) is 4.78. The Bertz CT molecular complexity index is 995. The minimum absolute atomic E-state index is 0. The van der Waals surface area contributed by atoms with Gasteiger partial charge in [-0.25, -0.2) is 0 Å². The van der Waals surface area contributed by atoms with Gasteiger partial charge in [0.05, 0.1) is 26.0 Å². The topological polar surface area (TPSA) is 103 Å². The van der Waals surface area contributed by atoms with Gasteiger partial charge in [-0.05, 0) is 42.3 Å². The van der Waals surface area contributed by atoms with E-state index in [0.717, 1.165) is 11.1 Å². The lowest BCUT2D eigenvalue weighted by Crippen LogP contribution is -2.28. The largest absolute Gasteiger partial charge is 0.496 e. The van der Waals surface area contributed by atoms with Crippen molar-refractivity contribution >= 4 is 18.3 Å². The number of carbonyl (C=O) groups excluding carboxylic acids is 1. The van der Waals surface area contributed by atoms with Gasteiger partial charge < -0.3 is 24.8 Å². The molecule has 0 saturated carbocycles. The summed E-state index contributed by atoms with van der Waals surface area (Å²) in [6.07, 6.45) is 4.28. The number of ether oxygens (including phenoxy) is 3. The van der Waals surface area contributed by atoms with Crippen molar-refractivity contribution in [1.29, 1.82) is 0 Å². The number of methoxy groups -OCH3 is 2. The van der Waals surface area contributed by atoms with E-state index in [0.29, 0.717) is 41.5 Å². The van der Waals surface area contributed by atoms with E-state index in [4.69, 9.17) is 19.9 Å². The molecule has 3 rings (SSSR count). The number of nitrogens with one attached hydrogen (secondary N) is 1. The second-order valence-electron chi connectivity index (χ2n) is 6.69. The molecular formula is C22H27ClN4O4. The molecular weight excluding hydrogens is 420 g/mol. The van der Waals surface area contributed by atoms with Crippen molar-refractivity contribution < 1.29 is 19.0 Å². The SMILES string of the molecule is COc1ccc(C(=O)N(C)CCc2cn[nH]c2)cc1Oc1cccc(OC)c1CN.Cl. The zero-order valence-electron chi connectivity index (χ0n) is 17.8. The Morgan fingerprint density at radius 1 is 1.10 bits per heavy atom. The zero-order valence-corrected chi connectivity index (χ0v) is 18.6. The summed E-state index contributed by atoms with van der Waals surface area (Å²) in [5.74, 6) is 2.01. The maximum absolute atomic E-state index is 12.9. The van der Waals surface area contributed by atoms with Crippen LogP contribution >= 0.6 is 12.4 Å². The number of aromatic nitrogens is 2. The average molecular weight is 447 g/mol. The number of rotatable bonds is 9. The van der Waals surface area contributed by atoms with Gasteiger partial charge in [-0.15, -0.1) is 12.4 Å². The summed E-state index contributed by atoms with van der Waals surface area (Å²) in [7, 11) is 4.90. The van der Waals surface area contributed by atoms with Crippen LogP contribution in [-0.4, -0.2) is 48.8 Å². The molecule has 0 aliphatic carbocycles. The maximum Gasteiger partial charge on any atom is 0.253 e. The fourth-order valence-electron chi connectivity index (χ4n) is 3.07. The van der Waals surface area contributed by atoms with Crippen molar-refractivity contribution in [1.82, 2.24) is 15.1 Å². The molecule has 0 spiro atoms. The monoisotopic (exact) mass is 446 g/mol. The molecule has 9 heteroatoms. The Morgan fingerprint density at radius 3 is 2.48 bits per heavy atom. The Labute approximate surface area is 187 Å². The van der Waals surface area contributed by atoms with Crippen LogP contribution < -0.4 is 19.9 Å². The van der Waals surface area contributed by atoms with Crippen molar-refractivity contribution in [3.05, 3.63) is 65.5 Å². The van der Waals surface area contributed by atoms with Gasteiger partial charge in [-0.3, -0.25) is 9.89 Å². The first-order chi connectivity index (χ1) is 14.6. The first kappa shape index (κ1) is 24.0. The summed E-state index contributed by atoms with van der Waals surface area (Å²) in [6.45, 7) is 0.810. The van der Waals surface area contributed by atoms with E-state index in [1.165, 1.54) is 0 Å². The molecule has 1 amide bonds. The first-order valence-electron chi connectivity index (χ1n) is 9.52. The summed E-state index contributed by atoms with van der Waals surface area (Å²) in [6, 6.07) is 10.6. The maximum atomic E-state index is 12.9. The molecule has 2 aromatic carbocycles. The summed E-state index contributed by atoms with van der Waals surface area (Å²) in [5, 5.41) is 6.70. The number of hydrogen-bond donors (Lipinski definition) is 2. The number of nitrogens with zero attached hydrogens (tertiary/aromatic N) is 2. The van der Waals surface area contributed by atoms with E-state index in [-0.39, 0.29) is 24.9 Å². The van der Waals surface area contributed by atoms with Gasteiger partial charge in [0.1, 0.15) is 11.5 Å². The molecule has 1 aromatic heterocycles. The van der Waals surface area contributed by atoms with Crippen LogP contribution in [0.4, 0.5) is 0 Å². The lowest BCUT2D eigenvalue weighted by molar-refractivity contribution is 0.0796. The Balaban J connectivity index is 0.00000341. The number of halogens is 1. The van der Waals surface area contributed by atoms with Crippen LogP contribution in [0.3, 0.4) is 0 Å². The Kier molecular flexibility index (Phi) is 8.72. The first-order valence-corrected chi connectivity index (χ1v) is 9.52. The quantitative estimate of drug-likeness (QED) is 0.522. The average Bonchev–Trinajstić information content (AvgIpc) is 3.30. The number of H-pyrrole nitrogens is 1. The van der Waals surface area contributed by atoms with Gasteiger partial charge in [0, 0.05) is 31.9 Å². The number of nitrogens with two attached hydrogens (primary N) is 1. The van der Waals surface area contributed by atoms with E-state index >= 15 is 0 Å². The Morgan fingerprint density at radius 2 is 1.84 bits per heavy atom. The molecule has 0 atom stereocenters. The number of benzene rings is 2. The van der Waals surface area contributed by atoms with E-state index in [1.54, 1.807) is 56.6 Å². The van der Waals surface area contributed by atoms with E-state index in [9.17, 15) is 4.79 Å². The number of hydrogen-bond acceptors (Lipinski definition) is 6. The number of likely N-dealkylation sites (N-methyl/N-ethyl adjacent to an activating group) is 1. The van der Waals surface area contributed by atoms with Crippen LogP contribution in [0.5, 0.6) is 23.0 Å². The minimum Gasteiger partial charge on any atom is -0.496 e. The molecule has 8 nitrogen and oxygen atoms in total. The molecule has 0 aliphatic heterocycles. The third kappa shape index (κ3) is 5.68. The van der Waals surface area contributed by atoms with Crippen LogP contribution in [0, 0.1) is 0 Å². The van der Waals surface area contributed by atoms with Crippen molar-refractivity contribution in [2.45, 2.75) is 13.0 Å². The third-order valence-electron chi connectivity index (χ3n) is 4.78. The summed E-state index contributed by atoms with van der Waals surface area (Å²) in [4.78, 5) is 14.6. The second kappa shape index (κ2) is 11.2. The minimum atomic E-state index is -0.115. The van der Waals surface area contributed by atoms with Gasteiger partial charge in [0.15, 0.2) is 11.5 Å². The fourth-order valence-corrected chi connectivity index (χ4v) is 3.07. The molecule has 1 heterocycles. The Hall–Kier alpha value is -3.23. The van der Waals surface area contributed by atoms with Crippen LogP contribution in [-0.2, 0) is 13.0 Å². The molecule has 0 aliphatic rings. The number of amides is 1. The highest BCUT2D eigenvalue weighted by atomic mass is 35.5. The van der Waals surface area contributed by atoms with Crippen LogP contribution in [0.2, 0.25) is 0 Å². The molecule has 0 radical (unpaired) electrons. The molecule has 0 unspecified atom stereocenters. The smallest absolute Gasteiger partial charge is 0.253 e. The molecule has 31 heavy (non-hydrogen) atoms. The van der Waals surface area contributed by atoms with Gasteiger partial charge >= 0.3 is 0 Å². The summed E-state index contributed by atoms with van der Waals surface area (Å²) >= 11 is 0. The van der Waals surface area contributed by atoms with Crippen molar-refractivity contribution in [2.75, 3.05) is 27.8 Å². The highest BCUT2D eigenvalue weighted by molar-refractivity contribution is 5.94. The van der Waals surface area contributed by atoms with Crippen molar-refractivity contribution in [2.24, 2.45) is 5.73 Å². The number of carbonyl (C=O) groups is 1. The van der Waals surface area contributed by atoms with Gasteiger partial charge in [0.25, 0.3) is 5.91 Å². The lowest BCUT2D eigenvalue weighted by Gasteiger charge is -2.19. The van der Waals surface area contributed by atoms with Gasteiger partial charge in [-0.2, -0.15) is 5.10 Å². The second-order valence-corrected chi connectivity index (χ2v) is 6.69. The van der Waals surface area contributed by atoms with E-state index in [2.05, 4.69) is 10.2 Å². The molecule has 0 bridgehead atoms. The molecule has 0 saturated heterocycles. The van der Waals surface area contributed by atoms with E-state index < -0.39 is 0 Å². The standard InChI is InChI=1S/C22H26N4O4.ClH/c1-26(10-9-15-13-24-25-14-15)22(27)16-7-8-20(29-3)21(11-16)30-19-6-4-5-18(28-2)17(19)12-23;/h4-8,11,13-14H,9-10,12,23H2,1-3H3,(H,24,25);1H. The normalized spacial score (nSPS) is 10.2. The van der Waals surface area contributed by atoms with Gasteiger partial charge in [0.2, 0.25) is 0 Å². The molecule has 3 aromatic rings. The van der Waals surface area contributed by atoms with Crippen LogP contribution in [0.25, 0.3) is 0 Å². The van der Waals surface area contributed by atoms with Crippen molar-refractivity contribution in [3.8, 4) is 23.0 Å². The molecule has 3 N–H and O–H groups in total. The van der Waals surface area contributed by atoms with Crippen LogP contribution in [0.15, 0.2) is 48.8 Å².